The Labute approximate surface area is 455 Å². The van der Waals surface area contributed by atoms with Gasteiger partial charge in [0, 0.05) is 37.5 Å². The summed E-state index contributed by atoms with van der Waals surface area (Å²) in [5.74, 6) is -0.846. The molecule has 2 heterocycles. The lowest BCUT2D eigenvalue weighted by molar-refractivity contribution is -0.145. The second-order valence-corrected chi connectivity index (χ2v) is 22.6. The highest BCUT2D eigenvalue weighted by molar-refractivity contribution is 5.95. The fourth-order valence-corrected chi connectivity index (χ4v) is 11.3. The Kier molecular flexibility index (Phi) is 18.9. The summed E-state index contributed by atoms with van der Waals surface area (Å²) in [6.07, 6.45) is 8.26. The fourth-order valence-electron chi connectivity index (χ4n) is 11.3. The number of piperidine rings is 1. The molecule has 7 N–H and O–H groups in total. The van der Waals surface area contributed by atoms with Crippen LogP contribution >= 0.6 is 0 Å². The number of nitrogens with zero attached hydrogens (tertiary/aromatic N) is 2. The monoisotopic (exact) mass is 1050 g/mol. The predicted molar refractivity (Wildman–Crippen MR) is 298 cm³/mol. The Morgan fingerprint density at radius 3 is 1.88 bits per heavy atom. The molecule has 0 radical (unpaired) electrons. The first kappa shape index (κ1) is 56.6. The highest BCUT2D eigenvalue weighted by atomic mass is 16.5. The van der Waals surface area contributed by atoms with Crippen LogP contribution in [0.15, 0.2) is 97.1 Å². The quantitative estimate of drug-likeness (QED) is 0.0590. The third-order valence-corrected chi connectivity index (χ3v) is 16.1. The van der Waals surface area contributed by atoms with Crippen LogP contribution in [0.3, 0.4) is 0 Å². The van der Waals surface area contributed by atoms with Crippen molar-refractivity contribution in [3.05, 3.63) is 136 Å². The summed E-state index contributed by atoms with van der Waals surface area (Å²) in [5, 5.41) is 22.2. The normalized spacial score (nSPS) is 21.8. The van der Waals surface area contributed by atoms with Gasteiger partial charge in [0.15, 0.2) is 0 Å². The summed E-state index contributed by atoms with van der Waals surface area (Å²) < 4.78 is 6.18. The fraction of sp³-hybridized carbons (Fsp3) is 0.508. The van der Waals surface area contributed by atoms with Gasteiger partial charge in [-0.2, -0.15) is 0 Å². The standard InChI is InChI=1S/C61H81N9O7/c1-38(62-6)55(71)67-51(59(75)69-33-13-12-24-52(69)58(74)66-50-23-15-19-43-17-9-11-21-48(43)50)34-40-27-31-46(32-28-40)77-37-41-25-29-44(30-26-41)57(73)64-45-35-53(65-49-22-14-18-42-16-8-10-20-47(42)49)70(36-45)60(76)54(61(3,4)5)68-56(72)39(2)63-7/h8-11,16-17,20-21,25-32,38-39,45,49-54,62-63,65H,12-15,18-19,22-24,33-37H2,1-7H3,(H,64,73)(H,66,74)(H,67,71)(H,68,72)/t38-,39-,45-,49+,50+,51-,52?,53?,54+/m0/s1. The van der Waals surface area contributed by atoms with E-state index in [2.05, 4.69) is 67.5 Å². The van der Waals surface area contributed by atoms with E-state index < -0.39 is 35.6 Å². The molecule has 0 bridgehead atoms. The SMILES string of the molecule is CN[C@@H](C)C(=O)N[C@@H](Cc1ccc(OCc2ccc(C(=O)N[C@H]3CC(N[C@@H]4CCCc5ccccc54)N(C(=O)[C@@H](NC(=O)[C@H](C)NC)C(C)(C)C)C3)cc2)cc1)C(=O)N1CCCCC1C(=O)N[C@@H]1CCCc2ccccc21. The van der Waals surface area contributed by atoms with Crippen LogP contribution in [0.5, 0.6) is 5.75 Å². The van der Waals surface area contributed by atoms with Gasteiger partial charge in [-0.25, -0.2) is 0 Å². The maximum absolute atomic E-state index is 14.6. The Balaban J connectivity index is 0.888. The number of benzene rings is 4. The molecule has 4 aliphatic rings. The summed E-state index contributed by atoms with van der Waals surface area (Å²) >= 11 is 0. The highest BCUT2D eigenvalue weighted by Gasteiger charge is 2.44. The van der Waals surface area contributed by atoms with E-state index in [9.17, 15) is 28.8 Å². The molecule has 77 heavy (non-hydrogen) atoms. The largest absolute Gasteiger partial charge is 0.489 e. The zero-order valence-corrected chi connectivity index (χ0v) is 46.1. The minimum Gasteiger partial charge on any atom is -0.489 e. The van der Waals surface area contributed by atoms with Crippen LogP contribution in [0.2, 0.25) is 0 Å². The van der Waals surface area contributed by atoms with E-state index in [1.54, 1.807) is 49.9 Å². The van der Waals surface area contributed by atoms with Crippen molar-refractivity contribution in [3.8, 4) is 5.75 Å². The number of aryl methyl sites for hydroxylation is 2. The number of likely N-dealkylation sites (N-methyl/N-ethyl adjacent to an activating group) is 2. The van der Waals surface area contributed by atoms with Crippen LogP contribution in [-0.2, 0) is 49.8 Å². The lowest BCUT2D eigenvalue weighted by atomic mass is 9.85. The van der Waals surface area contributed by atoms with Gasteiger partial charge in [0.1, 0.15) is 30.5 Å². The number of ether oxygens (including phenoxy) is 1. The molecule has 16 nitrogen and oxygen atoms in total. The van der Waals surface area contributed by atoms with Crippen LogP contribution < -0.4 is 42.0 Å². The van der Waals surface area contributed by atoms with Crippen molar-refractivity contribution < 1.29 is 33.5 Å². The average Bonchev–Trinajstić information content (AvgIpc) is 3.84. The summed E-state index contributed by atoms with van der Waals surface area (Å²) in [6, 6.07) is 27.6. The molecule has 16 heteroatoms. The van der Waals surface area contributed by atoms with Gasteiger partial charge in [-0.1, -0.05) is 93.6 Å². The van der Waals surface area contributed by atoms with Gasteiger partial charge in [0.25, 0.3) is 5.91 Å². The van der Waals surface area contributed by atoms with E-state index in [4.69, 9.17) is 4.74 Å². The van der Waals surface area contributed by atoms with E-state index >= 15 is 0 Å². The van der Waals surface area contributed by atoms with Gasteiger partial charge in [0.05, 0.1) is 30.3 Å². The van der Waals surface area contributed by atoms with Gasteiger partial charge < -0.3 is 46.4 Å². The second-order valence-electron chi connectivity index (χ2n) is 22.6. The molecule has 8 rings (SSSR count). The van der Waals surface area contributed by atoms with Crippen LogP contribution in [0.1, 0.15) is 142 Å². The van der Waals surface area contributed by atoms with Crippen molar-refractivity contribution in [2.45, 2.75) is 166 Å². The molecule has 2 unspecified atom stereocenters. The number of fused-ring (bicyclic) bond motifs is 2. The minimum absolute atomic E-state index is 0.0368. The maximum atomic E-state index is 14.6. The van der Waals surface area contributed by atoms with Crippen LogP contribution in [0, 0.1) is 5.41 Å². The van der Waals surface area contributed by atoms with E-state index in [-0.39, 0.29) is 79.3 Å². The Bertz CT molecular complexity index is 2710. The number of hydrogen-bond donors (Lipinski definition) is 7. The lowest BCUT2D eigenvalue weighted by Gasteiger charge is -2.38. The van der Waals surface area contributed by atoms with E-state index in [1.165, 1.54) is 16.7 Å². The molecule has 412 valence electrons. The van der Waals surface area contributed by atoms with Crippen molar-refractivity contribution in [1.82, 2.24) is 47.0 Å². The molecule has 4 aromatic carbocycles. The number of hydrogen-bond acceptors (Lipinski definition) is 10. The third kappa shape index (κ3) is 14.1. The maximum Gasteiger partial charge on any atom is 0.251 e. The van der Waals surface area contributed by atoms with Crippen molar-refractivity contribution >= 4 is 35.4 Å². The molecule has 0 spiro atoms. The van der Waals surface area contributed by atoms with Crippen molar-refractivity contribution in [1.29, 1.82) is 0 Å². The molecule has 2 fully saturated rings. The molecule has 2 saturated heterocycles. The average molecular weight is 1050 g/mol. The Hall–Kier alpha value is -6.62. The smallest absolute Gasteiger partial charge is 0.251 e. The number of carbonyl (C=O) groups excluding carboxylic acids is 6. The zero-order chi connectivity index (χ0) is 54.8. The topological polar surface area (TPSA) is 202 Å². The molecule has 4 aromatic rings. The molecular weight excluding hydrogens is 971 g/mol. The van der Waals surface area contributed by atoms with Crippen molar-refractivity contribution in [2.75, 3.05) is 27.2 Å². The third-order valence-electron chi connectivity index (χ3n) is 16.1. The molecule has 2 aliphatic carbocycles. The van der Waals surface area contributed by atoms with E-state index in [0.29, 0.717) is 30.7 Å². The molecule has 9 atom stereocenters. The molecule has 2 aliphatic heterocycles. The number of amides is 6. The predicted octanol–water partition coefficient (Wildman–Crippen LogP) is 5.94. The number of nitrogens with one attached hydrogen (secondary N) is 7. The van der Waals surface area contributed by atoms with Gasteiger partial charge in [-0.15, -0.1) is 0 Å². The molecular formula is C61H81N9O7. The minimum atomic E-state index is -0.898. The Morgan fingerprint density at radius 2 is 1.25 bits per heavy atom. The first-order valence-corrected chi connectivity index (χ1v) is 27.9. The van der Waals surface area contributed by atoms with Crippen LogP contribution in [-0.4, -0.2) is 115 Å². The summed E-state index contributed by atoms with van der Waals surface area (Å²) in [6.45, 7) is 10.3. The first-order chi connectivity index (χ1) is 37.0. The number of carbonyl (C=O) groups is 6. The molecule has 0 aromatic heterocycles. The van der Waals surface area contributed by atoms with Crippen molar-refractivity contribution in [2.24, 2.45) is 5.41 Å². The van der Waals surface area contributed by atoms with E-state index in [0.717, 1.165) is 68.1 Å². The van der Waals surface area contributed by atoms with E-state index in [1.807, 2.05) is 75.4 Å². The number of rotatable bonds is 19. The molecule has 6 amide bonds. The van der Waals surface area contributed by atoms with Gasteiger partial charge in [-0.05, 0) is 149 Å². The molecule has 0 saturated carbocycles. The lowest BCUT2D eigenvalue weighted by Crippen LogP contribution is -2.60. The summed E-state index contributed by atoms with van der Waals surface area (Å²) in [4.78, 5) is 87.0. The summed E-state index contributed by atoms with van der Waals surface area (Å²) in [7, 11) is 3.41. The van der Waals surface area contributed by atoms with Gasteiger partial charge in [-0.3, -0.25) is 34.1 Å². The van der Waals surface area contributed by atoms with Gasteiger partial charge in [0.2, 0.25) is 29.5 Å². The van der Waals surface area contributed by atoms with Gasteiger partial charge >= 0.3 is 0 Å². The Morgan fingerprint density at radius 1 is 0.649 bits per heavy atom. The van der Waals surface area contributed by atoms with Crippen LogP contribution in [0.4, 0.5) is 0 Å². The second kappa shape index (κ2) is 25.7. The number of likely N-dealkylation sites (tertiary alicyclic amines) is 2. The van der Waals surface area contributed by atoms with Crippen molar-refractivity contribution in [3.63, 3.8) is 0 Å². The van der Waals surface area contributed by atoms with Crippen LogP contribution in [0.25, 0.3) is 0 Å². The highest BCUT2D eigenvalue weighted by Crippen LogP contribution is 2.34. The summed E-state index contributed by atoms with van der Waals surface area (Å²) in [5.41, 5.74) is 6.47. The first-order valence-electron chi connectivity index (χ1n) is 27.9. The zero-order valence-electron chi connectivity index (χ0n) is 46.1.